The van der Waals surface area contributed by atoms with Crippen LogP contribution in [0.1, 0.15) is 59.3 Å². The van der Waals surface area contributed by atoms with E-state index in [0.717, 1.165) is 11.8 Å². The largest absolute Gasteiger partial charge is 0.155 e. The average Bonchev–Trinajstić information content (AvgIpc) is 2.27. The van der Waals surface area contributed by atoms with Gasteiger partial charge in [-0.3, -0.25) is 0 Å². The summed E-state index contributed by atoms with van der Waals surface area (Å²) in [7, 11) is 0. The van der Waals surface area contributed by atoms with Crippen LogP contribution in [0, 0.1) is 17.3 Å². The summed E-state index contributed by atoms with van der Waals surface area (Å²) in [5, 5.41) is 0. The molecule has 3 aliphatic rings. The number of rotatable bonds is 1. The van der Waals surface area contributed by atoms with E-state index in [1.165, 1.54) is 44.3 Å². The summed E-state index contributed by atoms with van der Waals surface area (Å²) >= 11 is 2.23. The third kappa shape index (κ3) is 1.80. The fourth-order valence-corrected chi connectivity index (χ4v) is 5.59. The van der Waals surface area contributed by atoms with E-state index in [4.69, 9.17) is 0 Å². The van der Waals surface area contributed by atoms with Crippen molar-refractivity contribution in [3.8, 4) is 0 Å². The van der Waals surface area contributed by atoms with Gasteiger partial charge in [0, 0.05) is 4.75 Å². The number of hydrogen-bond acceptors (Lipinski definition) is 1. The number of fused-ring (bicyclic) bond motifs is 1. The SMILES string of the molecule is C[C@@H]1CCC=C2CC[C@@H](C3(C)CCS3)C[C@]21C. The van der Waals surface area contributed by atoms with Crippen molar-refractivity contribution in [1.29, 1.82) is 0 Å². The molecule has 3 rings (SSSR count). The molecule has 17 heavy (non-hydrogen) atoms. The van der Waals surface area contributed by atoms with Crippen LogP contribution in [0.15, 0.2) is 11.6 Å². The van der Waals surface area contributed by atoms with Crippen LogP contribution >= 0.6 is 11.8 Å². The van der Waals surface area contributed by atoms with Gasteiger partial charge in [0.2, 0.25) is 0 Å². The predicted octanol–water partition coefficient (Wildman–Crippen LogP) is 5.04. The van der Waals surface area contributed by atoms with Gasteiger partial charge in [-0.1, -0.05) is 32.4 Å². The first-order valence-electron chi connectivity index (χ1n) is 7.38. The van der Waals surface area contributed by atoms with Gasteiger partial charge in [0.05, 0.1) is 0 Å². The molecule has 2 fully saturated rings. The lowest BCUT2D eigenvalue weighted by Gasteiger charge is -2.54. The molecule has 96 valence electrons. The first-order chi connectivity index (χ1) is 8.05. The first-order valence-corrected chi connectivity index (χ1v) is 8.37. The molecule has 0 N–H and O–H groups in total. The molecule has 2 aliphatic carbocycles. The minimum absolute atomic E-state index is 0.542. The summed E-state index contributed by atoms with van der Waals surface area (Å²) < 4.78 is 0.631. The Balaban J connectivity index is 1.82. The normalized spacial score (nSPS) is 50.2. The van der Waals surface area contributed by atoms with Crippen LogP contribution in [-0.2, 0) is 0 Å². The van der Waals surface area contributed by atoms with E-state index in [0.29, 0.717) is 10.2 Å². The Hall–Kier alpha value is 0.0900. The van der Waals surface area contributed by atoms with Gasteiger partial charge < -0.3 is 0 Å². The maximum atomic E-state index is 2.58. The molecule has 4 atom stereocenters. The summed E-state index contributed by atoms with van der Waals surface area (Å²) in [4.78, 5) is 0. The Labute approximate surface area is 111 Å². The van der Waals surface area contributed by atoms with Crippen molar-refractivity contribution in [3.05, 3.63) is 11.6 Å². The molecule has 0 amide bonds. The first kappa shape index (κ1) is 12.1. The van der Waals surface area contributed by atoms with Gasteiger partial charge in [-0.15, -0.1) is 0 Å². The van der Waals surface area contributed by atoms with Crippen LogP contribution in [0.4, 0.5) is 0 Å². The minimum atomic E-state index is 0.542. The van der Waals surface area contributed by atoms with Crippen LogP contribution in [0.25, 0.3) is 0 Å². The standard InChI is InChI=1S/C16H26S/c1-12-5-4-6-13-7-8-14(11-15(12,13)2)16(3)9-10-17-16/h6,12,14H,4-5,7-11H2,1-3H3/t12-,14-,15+,16?/m1/s1. The fraction of sp³-hybridized carbons (Fsp3) is 0.875. The lowest BCUT2D eigenvalue weighted by atomic mass is 9.56. The van der Waals surface area contributed by atoms with Gasteiger partial charge in [0.15, 0.2) is 0 Å². The third-order valence-corrected chi connectivity index (χ3v) is 7.74. The zero-order valence-electron chi connectivity index (χ0n) is 11.6. The van der Waals surface area contributed by atoms with Crippen molar-refractivity contribution in [2.75, 3.05) is 5.75 Å². The topological polar surface area (TPSA) is 0 Å². The van der Waals surface area contributed by atoms with E-state index in [1.54, 1.807) is 5.57 Å². The molecule has 1 aliphatic heterocycles. The molecule has 0 bridgehead atoms. The zero-order valence-corrected chi connectivity index (χ0v) is 12.4. The van der Waals surface area contributed by atoms with E-state index in [-0.39, 0.29) is 0 Å². The molecule has 1 saturated carbocycles. The van der Waals surface area contributed by atoms with Gasteiger partial charge in [-0.25, -0.2) is 0 Å². The van der Waals surface area contributed by atoms with Gasteiger partial charge in [0.1, 0.15) is 0 Å². The molecule has 1 unspecified atom stereocenters. The van der Waals surface area contributed by atoms with Crippen molar-refractivity contribution in [1.82, 2.24) is 0 Å². The van der Waals surface area contributed by atoms with Crippen molar-refractivity contribution in [3.63, 3.8) is 0 Å². The van der Waals surface area contributed by atoms with Gasteiger partial charge in [-0.05, 0) is 61.5 Å². The lowest BCUT2D eigenvalue weighted by Crippen LogP contribution is -2.46. The van der Waals surface area contributed by atoms with E-state index in [1.807, 2.05) is 0 Å². The molecule has 0 aromatic heterocycles. The van der Waals surface area contributed by atoms with Crippen molar-refractivity contribution >= 4 is 11.8 Å². The minimum Gasteiger partial charge on any atom is -0.155 e. The number of allylic oxidation sites excluding steroid dienone is 2. The Morgan fingerprint density at radius 1 is 1.29 bits per heavy atom. The van der Waals surface area contributed by atoms with E-state index in [9.17, 15) is 0 Å². The maximum Gasteiger partial charge on any atom is 0.0168 e. The Bertz CT molecular complexity index is 339. The highest BCUT2D eigenvalue weighted by Gasteiger charge is 2.48. The highest BCUT2D eigenvalue weighted by Crippen LogP contribution is 2.58. The Morgan fingerprint density at radius 2 is 2.06 bits per heavy atom. The quantitative estimate of drug-likeness (QED) is 0.587. The smallest absolute Gasteiger partial charge is 0.0168 e. The summed E-state index contributed by atoms with van der Waals surface area (Å²) in [6.45, 7) is 7.57. The van der Waals surface area contributed by atoms with Gasteiger partial charge in [0.25, 0.3) is 0 Å². The van der Waals surface area contributed by atoms with Crippen LogP contribution in [0.3, 0.4) is 0 Å². The molecule has 0 aromatic carbocycles. The van der Waals surface area contributed by atoms with Crippen LogP contribution in [0.2, 0.25) is 0 Å². The van der Waals surface area contributed by atoms with Crippen molar-refractivity contribution in [2.45, 2.75) is 64.0 Å². The lowest BCUT2D eigenvalue weighted by molar-refractivity contribution is 0.117. The van der Waals surface area contributed by atoms with E-state index < -0.39 is 0 Å². The van der Waals surface area contributed by atoms with Crippen LogP contribution in [-0.4, -0.2) is 10.5 Å². The molecular weight excluding hydrogens is 224 g/mol. The maximum absolute atomic E-state index is 2.58. The molecule has 0 aromatic rings. The number of thioether (sulfide) groups is 1. The molecular formula is C16H26S. The Morgan fingerprint density at radius 3 is 2.71 bits per heavy atom. The third-order valence-electron chi connectivity index (χ3n) is 6.14. The predicted molar refractivity (Wildman–Crippen MR) is 77.4 cm³/mol. The monoisotopic (exact) mass is 250 g/mol. The molecule has 1 saturated heterocycles. The van der Waals surface area contributed by atoms with Gasteiger partial charge in [-0.2, -0.15) is 11.8 Å². The highest BCUT2D eigenvalue weighted by atomic mass is 32.2. The highest BCUT2D eigenvalue weighted by molar-refractivity contribution is 8.02. The molecule has 0 spiro atoms. The van der Waals surface area contributed by atoms with Gasteiger partial charge >= 0.3 is 0 Å². The fourth-order valence-electron chi connectivity index (χ4n) is 4.31. The summed E-state index contributed by atoms with van der Waals surface area (Å²) in [6.07, 6.45) is 11.1. The zero-order chi connectivity index (χ0) is 12.1. The van der Waals surface area contributed by atoms with Crippen molar-refractivity contribution in [2.24, 2.45) is 17.3 Å². The summed E-state index contributed by atoms with van der Waals surface area (Å²) in [6, 6.07) is 0. The second kappa shape index (κ2) is 4.05. The molecule has 1 heterocycles. The van der Waals surface area contributed by atoms with Crippen LogP contribution in [0.5, 0.6) is 0 Å². The van der Waals surface area contributed by atoms with E-state index in [2.05, 4.69) is 38.6 Å². The van der Waals surface area contributed by atoms with Crippen molar-refractivity contribution < 1.29 is 0 Å². The summed E-state index contributed by atoms with van der Waals surface area (Å²) in [5.74, 6) is 3.28. The molecule has 0 radical (unpaired) electrons. The average molecular weight is 250 g/mol. The number of hydrogen-bond donors (Lipinski definition) is 0. The molecule has 0 nitrogen and oxygen atoms in total. The Kier molecular flexibility index (Phi) is 2.89. The second-order valence-corrected chi connectivity index (χ2v) is 8.61. The molecule has 1 heteroatoms. The van der Waals surface area contributed by atoms with Crippen LogP contribution < -0.4 is 0 Å². The second-order valence-electron chi connectivity index (χ2n) is 6.98. The van der Waals surface area contributed by atoms with E-state index >= 15 is 0 Å². The summed E-state index contributed by atoms with van der Waals surface area (Å²) in [5.41, 5.74) is 2.35.